The maximum Gasteiger partial charge on any atom is 0.323 e. The predicted octanol–water partition coefficient (Wildman–Crippen LogP) is 2.02. The summed E-state index contributed by atoms with van der Waals surface area (Å²) in [6, 6.07) is 5.17. The third-order valence-electron chi connectivity index (χ3n) is 5.24. The topological polar surface area (TPSA) is 95.9 Å². The Kier molecular flexibility index (Phi) is 5.44. The molecule has 1 aliphatic carbocycles. The van der Waals surface area contributed by atoms with E-state index in [4.69, 9.17) is 4.74 Å². The number of nitrogens with zero attached hydrogens (tertiary/aromatic N) is 1. The SMILES string of the molecule is COc1ccc2c(c1)NCC2C(=O)C(=O)N(CC(=O)O)C1CCCCC1. The molecule has 1 atom stereocenters. The molecule has 2 aliphatic rings. The van der Waals surface area contributed by atoms with Gasteiger partial charge in [0.25, 0.3) is 5.91 Å². The van der Waals surface area contributed by atoms with Gasteiger partial charge in [-0.1, -0.05) is 25.3 Å². The van der Waals surface area contributed by atoms with Crippen LogP contribution < -0.4 is 10.1 Å². The number of Topliss-reactive ketones (excluding diaryl/α,β-unsaturated/α-hetero) is 1. The van der Waals surface area contributed by atoms with E-state index in [2.05, 4.69) is 5.32 Å². The van der Waals surface area contributed by atoms with Crippen molar-refractivity contribution in [3.63, 3.8) is 0 Å². The van der Waals surface area contributed by atoms with Gasteiger partial charge in [-0.15, -0.1) is 0 Å². The summed E-state index contributed by atoms with van der Waals surface area (Å²) in [5, 5.41) is 12.3. The van der Waals surface area contributed by atoms with Crippen LogP contribution >= 0.6 is 0 Å². The number of hydrogen-bond acceptors (Lipinski definition) is 5. The molecule has 1 heterocycles. The highest BCUT2D eigenvalue weighted by Crippen LogP contribution is 2.35. The standard InChI is InChI=1S/C19H24N2O5/c1-26-13-7-8-14-15(10-20-16(14)9-13)18(24)19(25)21(11-17(22)23)12-5-3-2-4-6-12/h7-9,12,15,20H,2-6,10-11H2,1H3,(H,22,23). The average Bonchev–Trinajstić information content (AvgIpc) is 3.08. The predicted molar refractivity (Wildman–Crippen MR) is 95.5 cm³/mol. The van der Waals surface area contributed by atoms with Gasteiger partial charge >= 0.3 is 5.97 Å². The van der Waals surface area contributed by atoms with Gasteiger partial charge in [0.05, 0.1) is 13.0 Å². The number of ketones is 1. The Morgan fingerprint density at radius 1 is 1.23 bits per heavy atom. The first-order chi connectivity index (χ1) is 12.5. The molecular weight excluding hydrogens is 336 g/mol. The van der Waals surface area contributed by atoms with Crippen LogP contribution in [-0.4, -0.2) is 53.9 Å². The molecule has 0 saturated heterocycles. The van der Waals surface area contributed by atoms with Crippen LogP contribution in [0.5, 0.6) is 5.75 Å². The second kappa shape index (κ2) is 7.76. The van der Waals surface area contributed by atoms with Crippen molar-refractivity contribution in [2.45, 2.75) is 44.1 Å². The highest BCUT2D eigenvalue weighted by molar-refractivity contribution is 6.39. The zero-order valence-electron chi connectivity index (χ0n) is 14.9. The molecule has 0 aromatic heterocycles. The second-order valence-electron chi connectivity index (χ2n) is 6.87. The third kappa shape index (κ3) is 3.66. The Balaban J connectivity index is 1.79. The smallest absolute Gasteiger partial charge is 0.323 e. The summed E-state index contributed by atoms with van der Waals surface area (Å²) < 4.78 is 5.18. The summed E-state index contributed by atoms with van der Waals surface area (Å²) in [6.45, 7) is -0.0937. The van der Waals surface area contributed by atoms with Crippen molar-refractivity contribution < 1.29 is 24.2 Å². The number of carboxylic acids is 1. The Hall–Kier alpha value is -2.57. The number of carbonyl (C=O) groups excluding carboxylic acids is 2. The first kappa shape index (κ1) is 18.2. The minimum Gasteiger partial charge on any atom is -0.497 e. The van der Waals surface area contributed by atoms with Gasteiger partial charge in [0.15, 0.2) is 0 Å². The van der Waals surface area contributed by atoms with Crippen LogP contribution in [0, 0.1) is 0 Å². The number of amides is 1. The largest absolute Gasteiger partial charge is 0.497 e. The molecule has 2 N–H and O–H groups in total. The van der Waals surface area contributed by atoms with Crippen molar-refractivity contribution >= 4 is 23.3 Å². The highest BCUT2D eigenvalue weighted by Gasteiger charge is 2.38. The van der Waals surface area contributed by atoms with E-state index in [1.807, 2.05) is 0 Å². The molecule has 0 radical (unpaired) electrons. The Bertz CT molecular complexity index is 712. The lowest BCUT2D eigenvalue weighted by Gasteiger charge is -2.33. The summed E-state index contributed by atoms with van der Waals surface area (Å²) >= 11 is 0. The Labute approximate surface area is 152 Å². The van der Waals surface area contributed by atoms with Crippen molar-refractivity contribution in [1.29, 1.82) is 0 Å². The van der Waals surface area contributed by atoms with Crippen molar-refractivity contribution in [3.8, 4) is 5.75 Å². The molecule has 7 nitrogen and oxygen atoms in total. The first-order valence-electron chi connectivity index (χ1n) is 8.99. The van der Waals surface area contributed by atoms with Gasteiger partial charge in [-0.3, -0.25) is 14.4 Å². The van der Waals surface area contributed by atoms with E-state index in [-0.39, 0.29) is 6.04 Å². The molecule has 1 saturated carbocycles. The summed E-state index contributed by atoms with van der Waals surface area (Å²) in [5.41, 5.74) is 1.53. The Morgan fingerprint density at radius 3 is 2.62 bits per heavy atom. The zero-order valence-corrected chi connectivity index (χ0v) is 14.9. The van der Waals surface area contributed by atoms with Gasteiger partial charge in [0.2, 0.25) is 5.78 Å². The van der Waals surface area contributed by atoms with Gasteiger partial charge in [-0.2, -0.15) is 0 Å². The van der Waals surface area contributed by atoms with Crippen molar-refractivity contribution in [2.75, 3.05) is 25.5 Å². The van der Waals surface area contributed by atoms with E-state index < -0.39 is 30.1 Å². The summed E-state index contributed by atoms with van der Waals surface area (Å²) in [7, 11) is 1.57. The van der Waals surface area contributed by atoms with Gasteiger partial charge in [-0.05, 0) is 24.5 Å². The first-order valence-corrected chi connectivity index (χ1v) is 8.99. The van der Waals surface area contributed by atoms with E-state index in [9.17, 15) is 19.5 Å². The van der Waals surface area contributed by atoms with Crippen LogP contribution in [0.1, 0.15) is 43.6 Å². The fraction of sp³-hybridized carbons (Fsp3) is 0.526. The molecule has 0 spiro atoms. The molecule has 1 aromatic rings. The maximum absolute atomic E-state index is 12.9. The average molecular weight is 360 g/mol. The lowest BCUT2D eigenvalue weighted by atomic mass is 9.92. The number of fused-ring (bicyclic) bond motifs is 1. The molecule has 1 aliphatic heterocycles. The van der Waals surface area contributed by atoms with Gasteiger partial charge in [0.1, 0.15) is 12.3 Å². The molecule has 140 valence electrons. The molecule has 3 rings (SSSR count). The fourth-order valence-electron chi connectivity index (χ4n) is 3.87. The van der Waals surface area contributed by atoms with Gasteiger partial charge in [0, 0.05) is 24.3 Å². The number of ether oxygens (including phenoxy) is 1. The van der Waals surface area contributed by atoms with Gasteiger partial charge in [-0.25, -0.2) is 0 Å². The highest BCUT2D eigenvalue weighted by atomic mass is 16.5. The van der Waals surface area contributed by atoms with Crippen molar-refractivity contribution in [2.24, 2.45) is 0 Å². The van der Waals surface area contributed by atoms with Crippen LogP contribution in [0.15, 0.2) is 18.2 Å². The van der Waals surface area contributed by atoms with Crippen LogP contribution in [-0.2, 0) is 14.4 Å². The van der Waals surface area contributed by atoms with Crippen LogP contribution in [0.2, 0.25) is 0 Å². The zero-order chi connectivity index (χ0) is 18.7. The van der Waals surface area contributed by atoms with E-state index in [0.29, 0.717) is 12.3 Å². The molecule has 1 fully saturated rings. The van der Waals surface area contributed by atoms with Crippen molar-refractivity contribution in [1.82, 2.24) is 4.90 Å². The number of rotatable bonds is 6. The molecule has 0 bridgehead atoms. The number of aliphatic carboxylic acids is 1. The lowest BCUT2D eigenvalue weighted by molar-refractivity contribution is -0.152. The number of anilines is 1. The van der Waals surface area contributed by atoms with Gasteiger partial charge < -0.3 is 20.1 Å². The number of benzene rings is 1. The minimum absolute atomic E-state index is 0.166. The molecule has 7 heteroatoms. The van der Waals surface area contributed by atoms with Crippen LogP contribution in [0.4, 0.5) is 5.69 Å². The second-order valence-corrected chi connectivity index (χ2v) is 6.87. The van der Waals surface area contributed by atoms with E-state index in [1.165, 1.54) is 4.90 Å². The molecule has 1 unspecified atom stereocenters. The molecular formula is C19H24N2O5. The number of carboxylic acid groups (broad SMARTS) is 1. The number of carbonyl (C=O) groups is 3. The normalized spacial score (nSPS) is 19.3. The molecule has 1 amide bonds. The van der Waals surface area contributed by atoms with Crippen LogP contribution in [0.3, 0.4) is 0 Å². The number of nitrogens with one attached hydrogen (secondary N) is 1. The summed E-state index contributed by atoms with van der Waals surface area (Å²) in [6.07, 6.45) is 4.50. The van der Waals surface area contributed by atoms with Crippen molar-refractivity contribution in [3.05, 3.63) is 23.8 Å². The minimum atomic E-state index is -1.09. The monoisotopic (exact) mass is 360 g/mol. The Morgan fingerprint density at radius 2 is 1.96 bits per heavy atom. The van der Waals surface area contributed by atoms with E-state index in [0.717, 1.165) is 43.4 Å². The summed E-state index contributed by atoms with van der Waals surface area (Å²) in [4.78, 5) is 38.2. The maximum atomic E-state index is 12.9. The molecule has 1 aromatic carbocycles. The van der Waals surface area contributed by atoms with E-state index in [1.54, 1.807) is 25.3 Å². The quantitative estimate of drug-likeness (QED) is 0.754. The van der Waals surface area contributed by atoms with Crippen LogP contribution in [0.25, 0.3) is 0 Å². The fourth-order valence-corrected chi connectivity index (χ4v) is 3.87. The number of hydrogen-bond donors (Lipinski definition) is 2. The lowest BCUT2D eigenvalue weighted by Crippen LogP contribution is -2.48. The molecule has 26 heavy (non-hydrogen) atoms. The van der Waals surface area contributed by atoms with E-state index >= 15 is 0 Å². The third-order valence-corrected chi connectivity index (χ3v) is 5.24. The summed E-state index contributed by atoms with van der Waals surface area (Å²) in [5.74, 6) is -2.25. The number of methoxy groups -OCH3 is 1.